The first-order valence-electron chi connectivity index (χ1n) is 12.6. The molecule has 4 aromatic carbocycles. The van der Waals surface area contributed by atoms with E-state index in [2.05, 4.69) is 26.6 Å². The quantitative estimate of drug-likeness (QED) is 0.151. The molecular weight excluding hydrogens is 568 g/mol. The number of hydrogen-bond acceptors (Lipinski definition) is 4. The highest BCUT2D eigenvalue weighted by Crippen LogP contribution is 2.17. The van der Waals surface area contributed by atoms with Crippen LogP contribution < -0.4 is 15.4 Å². The topological polar surface area (TPSA) is 84.5 Å². The van der Waals surface area contributed by atoms with Gasteiger partial charge in [-0.2, -0.15) is 0 Å². The third-order valence-corrected chi connectivity index (χ3v) is 6.28. The van der Waals surface area contributed by atoms with Gasteiger partial charge in [-0.15, -0.1) is 0 Å². The molecular formula is C33H27BrN2O4. The highest BCUT2D eigenvalue weighted by atomic mass is 79.9. The van der Waals surface area contributed by atoms with Gasteiger partial charge in [0.2, 0.25) is 0 Å². The van der Waals surface area contributed by atoms with Crippen molar-refractivity contribution in [3.05, 3.63) is 142 Å². The van der Waals surface area contributed by atoms with Crippen molar-refractivity contribution in [2.45, 2.75) is 6.92 Å². The standard InChI is InChI=1S/C33H27BrN2O4/c1-2-40-29-19-10-23(11-20-29)12-21-31(37)25-13-17-28(18-14-25)35-33(39)30(22-24-8-15-27(34)16-9-24)36-32(38)26-6-4-3-5-7-26/h3-22H,2H2,1H3,(H,35,39)(H,36,38)/b21-12+,30-22-. The molecule has 0 atom stereocenters. The summed E-state index contributed by atoms with van der Waals surface area (Å²) in [6, 6.07) is 30.0. The Hall–Kier alpha value is -4.75. The first-order chi connectivity index (χ1) is 19.4. The Kier molecular flexibility index (Phi) is 9.80. The number of benzene rings is 4. The number of ether oxygens (including phenoxy) is 1. The van der Waals surface area contributed by atoms with Crippen molar-refractivity contribution < 1.29 is 19.1 Å². The Bertz CT molecular complexity index is 1530. The number of amides is 2. The Morgan fingerprint density at radius 2 is 1.43 bits per heavy atom. The van der Waals surface area contributed by atoms with Gasteiger partial charge in [-0.25, -0.2) is 0 Å². The van der Waals surface area contributed by atoms with Gasteiger partial charge in [-0.1, -0.05) is 64.5 Å². The Balaban J connectivity index is 1.45. The summed E-state index contributed by atoms with van der Waals surface area (Å²) in [4.78, 5) is 38.7. The lowest BCUT2D eigenvalue weighted by molar-refractivity contribution is -0.113. The number of halogens is 1. The second-order valence-corrected chi connectivity index (χ2v) is 9.58. The molecule has 0 heterocycles. The SMILES string of the molecule is CCOc1ccc(/C=C/C(=O)c2ccc(NC(=O)/C(=C/c3ccc(Br)cc3)NC(=O)c3ccccc3)cc2)cc1. The molecule has 0 fully saturated rings. The molecule has 7 heteroatoms. The summed E-state index contributed by atoms with van der Waals surface area (Å²) in [6.45, 7) is 2.52. The minimum absolute atomic E-state index is 0.0783. The minimum Gasteiger partial charge on any atom is -0.494 e. The molecule has 6 nitrogen and oxygen atoms in total. The summed E-state index contributed by atoms with van der Waals surface area (Å²) in [7, 11) is 0. The average molecular weight is 595 g/mol. The molecule has 200 valence electrons. The maximum Gasteiger partial charge on any atom is 0.272 e. The van der Waals surface area contributed by atoms with Crippen molar-refractivity contribution in [1.82, 2.24) is 5.32 Å². The van der Waals surface area contributed by atoms with Gasteiger partial charge in [0.25, 0.3) is 11.8 Å². The highest BCUT2D eigenvalue weighted by Gasteiger charge is 2.15. The number of carbonyl (C=O) groups excluding carboxylic acids is 3. The fraction of sp³-hybridized carbons (Fsp3) is 0.0606. The third kappa shape index (κ3) is 8.12. The van der Waals surface area contributed by atoms with Crippen molar-refractivity contribution in [2.75, 3.05) is 11.9 Å². The molecule has 0 aliphatic carbocycles. The lowest BCUT2D eigenvalue weighted by atomic mass is 10.1. The fourth-order valence-corrected chi connectivity index (χ4v) is 3.96. The zero-order chi connectivity index (χ0) is 28.3. The van der Waals surface area contributed by atoms with Crippen LogP contribution in [0, 0.1) is 0 Å². The fourth-order valence-electron chi connectivity index (χ4n) is 3.69. The number of rotatable bonds is 10. The molecule has 0 aliphatic rings. The Labute approximate surface area is 241 Å². The molecule has 0 aromatic heterocycles. The lowest BCUT2D eigenvalue weighted by Gasteiger charge is -2.12. The molecule has 4 aromatic rings. The first kappa shape index (κ1) is 28.3. The van der Waals surface area contributed by atoms with Crippen LogP contribution in [0.4, 0.5) is 5.69 Å². The third-order valence-electron chi connectivity index (χ3n) is 5.76. The molecule has 0 unspecified atom stereocenters. The van der Waals surface area contributed by atoms with Crippen LogP contribution in [0.25, 0.3) is 12.2 Å². The zero-order valence-electron chi connectivity index (χ0n) is 21.8. The molecule has 0 saturated heterocycles. The van der Waals surface area contributed by atoms with Gasteiger partial charge in [-0.3, -0.25) is 14.4 Å². The summed E-state index contributed by atoms with van der Waals surface area (Å²) in [5, 5.41) is 5.51. The van der Waals surface area contributed by atoms with Crippen molar-refractivity contribution in [3.8, 4) is 5.75 Å². The van der Waals surface area contributed by atoms with Crippen LogP contribution in [0.3, 0.4) is 0 Å². The molecule has 2 amide bonds. The molecule has 0 saturated carbocycles. The summed E-state index contributed by atoms with van der Waals surface area (Å²) in [5.41, 5.74) is 3.08. The van der Waals surface area contributed by atoms with E-state index in [1.165, 1.54) is 6.08 Å². The van der Waals surface area contributed by atoms with Crippen molar-refractivity contribution in [1.29, 1.82) is 0 Å². The molecule has 0 radical (unpaired) electrons. The van der Waals surface area contributed by atoms with Crippen LogP contribution in [0.15, 0.2) is 119 Å². The maximum atomic E-state index is 13.2. The predicted molar refractivity (Wildman–Crippen MR) is 162 cm³/mol. The van der Waals surface area contributed by atoms with Crippen molar-refractivity contribution in [2.24, 2.45) is 0 Å². The van der Waals surface area contributed by atoms with Gasteiger partial charge >= 0.3 is 0 Å². The van der Waals surface area contributed by atoms with Crippen molar-refractivity contribution in [3.63, 3.8) is 0 Å². The maximum absolute atomic E-state index is 13.2. The van der Waals surface area contributed by atoms with Crippen LogP contribution in [0.5, 0.6) is 5.75 Å². The predicted octanol–water partition coefficient (Wildman–Crippen LogP) is 7.15. The van der Waals surface area contributed by atoms with E-state index >= 15 is 0 Å². The second kappa shape index (κ2) is 13.9. The summed E-state index contributed by atoms with van der Waals surface area (Å²) < 4.78 is 6.33. The molecule has 2 N–H and O–H groups in total. The van der Waals surface area contributed by atoms with Gasteiger partial charge in [0.15, 0.2) is 5.78 Å². The van der Waals surface area contributed by atoms with E-state index in [0.29, 0.717) is 23.4 Å². The van der Waals surface area contributed by atoms with Gasteiger partial charge in [0.1, 0.15) is 11.4 Å². The normalized spacial score (nSPS) is 11.2. The number of hydrogen-bond donors (Lipinski definition) is 2. The van der Waals surface area contributed by atoms with Crippen LogP contribution in [0.1, 0.15) is 38.8 Å². The van der Waals surface area contributed by atoms with Crippen LogP contribution in [0.2, 0.25) is 0 Å². The van der Waals surface area contributed by atoms with E-state index in [1.807, 2.05) is 61.5 Å². The van der Waals surface area contributed by atoms with E-state index in [9.17, 15) is 14.4 Å². The van der Waals surface area contributed by atoms with E-state index in [-0.39, 0.29) is 11.5 Å². The molecule has 40 heavy (non-hydrogen) atoms. The van der Waals surface area contributed by atoms with Gasteiger partial charge in [0, 0.05) is 21.3 Å². The number of nitrogens with one attached hydrogen (secondary N) is 2. The molecule has 0 spiro atoms. The van der Waals surface area contributed by atoms with E-state index in [4.69, 9.17) is 4.74 Å². The minimum atomic E-state index is -0.498. The molecule has 0 aliphatic heterocycles. The Morgan fingerprint density at radius 3 is 2.08 bits per heavy atom. The largest absolute Gasteiger partial charge is 0.494 e. The molecule has 0 bridgehead atoms. The number of carbonyl (C=O) groups is 3. The van der Waals surface area contributed by atoms with Crippen LogP contribution in [-0.4, -0.2) is 24.2 Å². The monoisotopic (exact) mass is 594 g/mol. The lowest BCUT2D eigenvalue weighted by Crippen LogP contribution is -2.30. The zero-order valence-corrected chi connectivity index (χ0v) is 23.4. The average Bonchev–Trinajstić information content (AvgIpc) is 2.98. The van der Waals surface area contributed by atoms with E-state index in [1.54, 1.807) is 60.7 Å². The first-order valence-corrected chi connectivity index (χ1v) is 13.4. The number of allylic oxidation sites excluding steroid dienone is 1. The van der Waals surface area contributed by atoms with Crippen LogP contribution >= 0.6 is 15.9 Å². The number of anilines is 1. The smallest absolute Gasteiger partial charge is 0.272 e. The summed E-state index contributed by atoms with van der Waals surface area (Å²) in [6.07, 6.45) is 4.84. The van der Waals surface area contributed by atoms with Gasteiger partial charge in [0.05, 0.1) is 6.61 Å². The summed E-state index contributed by atoms with van der Waals surface area (Å²) in [5.74, 6) is -0.295. The summed E-state index contributed by atoms with van der Waals surface area (Å²) >= 11 is 3.40. The Morgan fingerprint density at radius 1 is 0.775 bits per heavy atom. The van der Waals surface area contributed by atoms with Crippen LogP contribution in [-0.2, 0) is 4.79 Å². The second-order valence-electron chi connectivity index (χ2n) is 8.66. The van der Waals surface area contributed by atoms with Gasteiger partial charge < -0.3 is 15.4 Å². The van der Waals surface area contributed by atoms with E-state index < -0.39 is 11.8 Å². The highest BCUT2D eigenvalue weighted by molar-refractivity contribution is 9.10. The van der Waals surface area contributed by atoms with Crippen molar-refractivity contribution >= 4 is 51.4 Å². The number of ketones is 1. The molecule has 4 rings (SSSR count). The van der Waals surface area contributed by atoms with E-state index in [0.717, 1.165) is 21.3 Å². The van der Waals surface area contributed by atoms with Gasteiger partial charge in [-0.05, 0) is 90.9 Å².